The molecule has 0 aliphatic carbocycles. The van der Waals surface area contributed by atoms with Crippen LogP contribution >= 0.6 is 11.3 Å². The van der Waals surface area contributed by atoms with Crippen LogP contribution in [0.2, 0.25) is 0 Å². The average Bonchev–Trinajstić information content (AvgIpc) is 1.87. The minimum absolute atomic E-state index is 0.164. The number of hydrogen-bond donors (Lipinski definition) is 2. The van der Waals surface area contributed by atoms with Crippen LogP contribution in [0.4, 0.5) is 5.13 Å². The van der Waals surface area contributed by atoms with E-state index in [2.05, 4.69) is 4.89 Å². The summed E-state index contributed by atoms with van der Waals surface area (Å²) in [5, 5.41) is 8.93. The number of anilines is 1. The van der Waals surface area contributed by atoms with Crippen molar-refractivity contribution >= 4 is 23.5 Å². The third kappa shape index (κ3) is 0.897. The number of nitrogen functional groups attached to an aromatic ring is 1. The molecule has 0 amide bonds. The van der Waals surface area contributed by atoms with Crippen LogP contribution in [0.3, 0.4) is 0 Å². The molecule has 0 saturated carbocycles. The second-order valence-corrected chi connectivity index (χ2v) is 2.08. The van der Waals surface area contributed by atoms with Crippen LogP contribution in [0, 0.1) is 0 Å². The zero-order valence-corrected chi connectivity index (χ0v) is 4.27. The quantitative estimate of drug-likeness (QED) is 0.489. The van der Waals surface area contributed by atoms with Gasteiger partial charge in [-0.3, -0.25) is 0 Å². The summed E-state index contributed by atoms with van der Waals surface area (Å²) in [6.45, 7) is 0. The summed E-state index contributed by atoms with van der Waals surface area (Å²) in [6.07, 6.45) is 0. The van der Waals surface area contributed by atoms with Crippen LogP contribution in [0.25, 0.3) is 0 Å². The van der Waals surface area contributed by atoms with Crippen molar-refractivity contribution in [2.45, 2.75) is 0 Å². The van der Waals surface area contributed by atoms with Gasteiger partial charge in [-0.2, -0.15) is 0 Å². The van der Waals surface area contributed by atoms with Crippen molar-refractivity contribution in [2.24, 2.45) is 0 Å². The Morgan fingerprint density at radius 3 is 2.71 bits per heavy atom. The predicted octanol–water partition coefficient (Wildman–Crippen LogP) is -0.231. The topological polar surface area (TPSA) is 59.1 Å². The van der Waals surface area contributed by atoms with Crippen molar-refractivity contribution < 1.29 is 5.11 Å². The van der Waals surface area contributed by atoms with Gasteiger partial charge in [0.1, 0.15) is 0 Å². The molecule has 0 radical (unpaired) electrons. The number of nitrogens with zero attached hydrogens (tertiary/aromatic N) is 1. The van der Waals surface area contributed by atoms with Gasteiger partial charge in [0.15, 0.2) is 0 Å². The van der Waals surface area contributed by atoms with Crippen LogP contribution < -0.4 is 5.73 Å². The Labute approximate surface area is 45.0 Å². The third-order valence-electron chi connectivity index (χ3n) is 0.511. The van der Waals surface area contributed by atoms with Crippen LogP contribution in [0.1, 0.15) is 0 Å². The first-order valence-corrected chi connectivity index (χ1v) is 2.51. The second-order valence-electron chi connectivity index (χ2n) is 1.04. The normalized spacial score (nSPS) is 8.57. The molecule has 5 heteroatoms. The van der Waals surface area contributed by atoms with Gasteiger partial charge < -0.3 is 0 Å². The van der Waals surface area contributed by atoms with Crippen LogP contribution in [-0.2, 0) is 0 Å². The van der Waals surface area contributed by atoms with E-state index in [0.29, 0.717) is 5.13 Å². The molecule has 3 N–H and O–H groups in total. The van der Waals surface area contributed by atoms with Crippen molar-refractivity contribution in [1.82, 2.24) is 4.89 Å². The summed E-state index contributed by atoms with van der Waals surface area (Å²) in [6, 6.07) is 0. The summed E-state index contributed by atoms with van der Waals surface area (Å²) in [5.41, 5.74) is 5.13. The van der Waals surface area contributed by atoms with Crippen LogP contribution in [0.15, 0.2) is 0 Å². The zero-order chi connectivity index (χ0) is 5.28. The monoisotopic (exact) mass is 114 g/mol. The molecule has 0 atom stereocenters. The van der Waals surface area contributed by atoms with E-state index in [0.717, 1.165) is 11.3 Å². The van der Waals surface area contributed by atoms with Crippen molar-refractivity contribution in [3.63, 3.8) is 0 Å². The van der Waals surface area contributed by atoms with Crippen LogP contribution in [-0.4, -0.2) is 17.1 Å². The fourth-order valence-corrected chi connectivity index (χ4v) is 0.704. The summed E-state index contributed by atoms with van der Waals surface area (Å²) in [7, 11) is 1.32. The van der Waals surface area contributed by atoms with E-state index in [1.54, 1.807) is 0 Å². The second kappa shape index (κ2) is 1.50. The van der Waals surface area contributed by atoms with E-state index in [9.17, 15) is 0 Å². The number of rotatable bonds is 0. The van der Waals surface area contributed by atoms with Gasteiger partial charge in [0, 0.05) is 0 Å². The Hall–Kier alpha value is -0.575. The number of aromatic hydroxyl groups is 1. The number of aromatic nitrogens is 1. The molecule has 1 aromatic heterocycles. The Morgan fingerprint density at radius 2 is 2.57 bits per heavy atom. The molecule has 0 aliphatic heterocycles. The maximum atomic E-state index is 8.53. The summed E-state index contributed by atoms with van der Waals surface area (Å²) in [4.78, 5) is 3.73. The van der Waals surface area contributed by atoms with Crippen molar-refractivity contribution in [1.29, 1.82) is 0 Å². The Kier molecular flexibility index (Phi) is 0.979. The first kappa shape index (κ1) is 4.58. The van der Waals surface area contributed by atoms with Crippen LogP contribution in [0.5, 0.6) is 4.96 Å². The first-order chi connectivity index (χ1) is 3.29. The van der Waals surface area contributed by atoms with E-state index >= 15 is 0 Å². The molecule has 1 aromatic rings. The molecule has 3 nitrogen and oxygen atoms in total. The SMILES string of the molecule is Nc1nbc(O)s1. The van der Waals surface area contributed by atoms with E-state index < -0.39 is 0 Å². The zero-order valence-electron chi connectivity index (χ0n) is 3.46. The molecule has 0 bridgehead atoms. The van der Waals surface area contributed by atoms with E-state index in [1.165, 1.54) is 7.05 Å². The first-order valence-electron chi connectivity index (χ1n) is 1.69. The average molecular weight is 114 g/mol. The summed E-state index contributed by atoms with van der Waals surface area (Å²) >= 11 is 1.06. The van der Waals surface area contributed by atoms with Gasteiger partial charge in [0.25, 0.3) is 0 Å². The van der Waals surface area contributed by atoms with E-state index in [4.69, 9.17) is 10.8 Å². The minimum atomic E-state index is 0.164. The molecule has 1 heterocycles. The molecule has 0 spiro atoms. The van der Waals surface area contributed by atoms with Crippen molar-refractivity contribution in [3.8, 4) is 4.96 Å². The molecule has 0 fully saturated rings. The van der Waals surface area contributed by atoms with Crippen molar-refractivity contribution in [3.05, 3.63) is 0 Å². The Balaban J connectivity index is 3.04. The van der Waals surface area contributed by atoms with Gasteiger partial charge in [0.2, 0.25) is 0 Å². The molecule has 0 aromatic carbocycles. The maximum absolute atomic E-state index is 8.53. The molecule has 36 valence electrons. The van der Waals surface area contributed by atoms with Gasteiger partial charge in [-0.25, -0.2) is 0 Å². The van der Waals surface area contributed by atoms with Crippen molar-refractivity contribution in [2.75, 3.05) is 5.73 Å². The van der Waals surface area contributed by atoms with Gasteiger partial charge in [-0.05, 0) is 0 Å². The van der Waals surface area contributed by atoms with Gasteiger partial charge in [-0.1, -0.05) is 0 Å². The molecule has 0 aliphatic rings. The Bertz CT molecular complexity index is 148. The van der Waals surface area contributed by atoms with E-state index in [1.807, 2.05) is 0 Å². The van der Waals surface area contributed by atoms with E-state index in [-0.39, 0.29) is 4.96 Å². The molecule has 1 rings (SSSR count). The fraction of sp³-hybridized carbons (Fsp3) is 0. The molecule has 7 heavy (non-hydrogen) atoms. The summed E-state index contributed by atoms with van der Waals surface area (Å²) in [5.74, 6) is 0. The van der Waals surface area contributed by atoms with Gasteiger partial charge in [0.05, 0.1) is 0 Å². The standard InChI is InChI=1S/C2H3BN2OS/c4-2-5-3-1(6)7-2/h6H,(H2,4,5). The summed E-state index contributed by atoms with van der Waals surface area (Å²) < 4.78 is 0. The molecular formula is C2H3BN2OS. The molecular weight excluding hydrogens is 111 g/mol. The number of nitrogens with two attached hydrogens (primary N) is 1. The fourth-order valence-electron chi connectivity index (χ4n) is 0.279. The predicted molar refractivity (Wildman–Crippen MR) is 29.5 cm³/mol. The molecule has 0 unspecified atom stereocenters. The Morgan fingerprint density at radius 1 is 1.86 bits per heavy atom. The number of hydrogen-bond acceptors (Lipinski definition) is 4. The van der Waals surface area contributed by atoms with Gasteiger partial charge >= 0.3 is 44.2 Å². The third-order valence-corrected chi connectivity index (χ3v) is 1.14. The molecule has 0 saturated heterocycles. The van der Waals surface area contributed by atoms with Gasteiger partial charge in [-0.15, -0.1) is 0 Å².